The lowest BCUT2D eigenvalue weighted by Gasteiger charge is -2.18. The van der Waals surface area contributed by atoms with Crippen molar-refractivity contribution in [3.05, 3.63) is 18.0 Å². The largest absolute Gasteiger partial charge is 0.376 e. The highest BCUT2D eigenvalue weighted by Gasteiger charge is 2.28. The zero-order valence-corrected chi connectivity index (χ0v) is 10.1. The average molecular weight is 238 g/mol. The molecule has 3 atom stereocenters. The lowest BCUT2D eigenvalue weighted by Crippen LogP contribution is -2.43. The van der Waals surface area contributed by atoms with Crippen molar-refractivity contribution in [2.75, 3.05) is 6.61 Å². The van der Waals surface area contributed by atoms with Crippen molar-refractivity contribution in [3.63, 3.8) is 0 Å². The summed E-state index contributed by atoms with van der Waals surface area (Å²) in [7, 11) is 1.79. The van der Waals surface area contributed by atoms with Gasteiger partial charge < -0.3 is 15.8 Å². The molecule has 6 heteroatoms. The highest BCUT2D eigenvalue weighted by atomic mass is 16.5. The Bertz CT molecular complexity index is 404. The van der Waals surface area contributed by atoms with Gasteiger partial charge in [0.1, 0.15) is 6.04 Å². The summed E-state index contributed by atoms with van der Waals surface area (Å²) in [6.07, 6.45) is 4.25. The van der Waals surface area contributed by atoms with Crippen molar-refractivity contribution in [2.24, 2.45) is 12.8 Å². The first kappa shape index (κ1) is 12.1. The van der Waals surface area contributed by atoms with Crippen LogP contribution in [0, 0.1) is 0 Å². The second kappa shape index (κ2) is 4.85. The minimum absolute atomic E-state index is 0.0556. The second-order valence-electron chi connectivity index (χ2n) is 4.40. The highest BCUT2D eigenvalue weighted by Crippen LogP contribution is 2.15. The number of nitrogens with one attached hydrogen (secondary N) is 1. The smallest absolute Gasteiger partial charge is 0.241 e. The molecule has 17 heavy (non-hydrogen) atoms. The first-order chi connectivity index (χ1) is 8.08. The number of carbonyl (C=O) groups is 1. The standard InChI is InChI=1S/C11H18N4O2/c1-7-9(3-4-17-7)14-11(16)10(12)8-5-13-15(2)6-8/h5-7,9-10H,3-4,12H2,1-2H3,(H,14,16). The number of aromatic nitrogens is 2. The summed E-state index contributed by atoms with van der Waals surface area (Å²) in [5.41, 5.74) is 6.59. The van der Waals surface area contributed by atoms with E-state index in [-0.39, 0.29) is 18.1 Å². The summed E-state index contributed by atoms with van der Waals surface area (Å²) in [4.78, 5) is 11.9. The van der Waals surface area contributed by atoms with Crippen LogP contribution in [-0.2, 0) is 16.6 Å². The molecule has 2 heterocycles. The van der Waals surface area contributed by atoms with Crippen molar-refractivity contribution >= 4 is 5.91 Å². The molecule has 0 bridgehead atoms. The Morgan fingerprint density at radius 2 is 2.53 bits per heavy atom. The average Bonchev–Trinajstić information content (AvgIpc) is 2.88. The summed E-state index contributed by atoms with van der Waals surface area (Å²) in [5.74, 6) is -0.180. The minimum atomic E-state index is -0.670. The van der Waals surface area contributed by atoms with E-state index in [9.17, 15) is 4.79 Å². The number of aryl methyl sites for hydroxylation is 1. The molecular formula is C11H18N4O2. The second-order valence-corrected chi connectivity index (χ2v) is 4.40. The Kier molecular flexibility index (Phi) is 3.44. The fraction of sp³-hybridized carbons (Fsp3) is 0.636. The van der Waals surface area contributed by atoms with E-state index in [4.69, 9.17) is 10.5 Å². The molecule has 1 aliphatic heterocycles. The number of carbonyl (C=O) groups excluding carboxylic acids is 1. The molecule has 1 saturated heterocycles. The topological polar surface area (TPSA) is 82.2 Å². The first-order valence-corrected chi connectivity index (χ1v) is 5.74. The first-order valence-electron chi connectivity index (χ1n) is 5.74. The molecule has 3 N–H and O–H groups in total. The number of nitrogens with two attached hydrogens (primary N) is 1. The van der Waals surface area contributed by atoms with Crippen LogP contribution in [-0.4, -0.2) is 34.4 Å². The zero-order valence-electron chi connectivity index (χ0n) is 10.1. The maximum atomic E-state index is 11.9. The number of ether oxygens (including phenoxy) is 1. The Labute approximate surface area is 100 Å². The molecule has 3 unspecified atom stereocenters. The van der Waals surface area contributed by atoms with Crippen molar-refractivity contribution in [3.8, 4) is 0 Å². The predicted molar refractivity (Wildman–Crippen MR) is 62.1 cm³/mol. The summed E-state index contributed by atoms with van der Waals surface area (Å²) < 4.78 is 7.01. The van der Waals surface area contributed by atoms with Gasteiger partial charge in [0.2, 0.25) is 5.91 Å². The fourth-order valence-corrected chi connectivity index (χ4v) is 1.95. The van der Waals surface area contributed by atoms with E-state index >= 15 is 0 Å². The van der Waals surface area contributed by atoms with E-state index in [0.717, 1.165) is 12.0 Å². The van der Waals surface area contributed by atoms with Gasteiger partial charge in [-0.1, -0.05) is 0 Å². The van der Waals surface area contributed by atoms with Gasteiger partial charge in [-0.3, -0.25) is 9.48 Å². The van der Waals surface area contributed by atoms with Crippen molar-refractivity contribution in [2.45, 2.75) is 31.5 Å². The van der Waals surface area contributed by atoms with E-state index in [2.05, 4.69) is 10.4 Å². The van der Waals surface area contributed by atoms with E-state index in [0.29, 0.717) is 6.61 Å². The van der Waals surface area contributed by atoms with Crippen LogP contribution in [0.15, 0.2) is 12.4 Å². The molecule has 0 aliphatic carbocycles. The van der Waals surface area contributed by atoms with E-state index in [1.54, 1.807) is 24.1 Å². The maximum Gasteiger partial charge on any atom is 0.241 e. The van der Waals surface area contributed by atoms with Crippen molar-refractivity contribution in [1.29, 1.82) is 0 Å². The van der Waals surface area contributed by atoms with Crippen LogP contribution in [0.2, 0.25) is 0 Å². The van der Waals surface area contributed by atoms with E-state index in [1.807, 2.05) is 6.92 Å². The van der Waals surface area contributed by atoms with Gasteiger partial charge in [-0.15, -0.1) is 0 Å². The Balaban J connectivity index is 1.95. The third kappa shape index (κ3) is 2.65. The van der Waals surface area contributed by atoms with Gasteiger partial charge in [0.05, 0.1) is 18.3 Å². The van der Waals surface area contributed by atoms with Gasteiger partial charge in [-0.2, -0.15) is 5.10 Å². The molecule has 0 spiro atoms. The molecule has 0 radical (unpaired) electrons. The molecule has 6 nitrogen and oxygen atoms in total. The van der Waals surface area contributed by atoms with E-state index in [1.165, 1.54) is 0 Å². The zero-order chi connectivity index (χ0) is 12.4. The lowest BCUT2D eigenvalue weighted by atomic mass is 10.1. The summed E-state index contributed by atoms with van der Waals surface area (Å²) in [6.45, 7) is 2.64. The van der Waals surface area contributed by atoms with Crippen LogP contribution in [0.5, 0.6) is 0 Å². The van der Waals surface area contributed by atoms with Crippen LogP contribution < -0.4 is 11.1 Å². The number of rotatable bonds is 3. The van der Waals surface area contributed by atoms with Crippen molar-refractivity contribution in [1.82, 2.24) is 15.1 Å². The number of amides is 1. The van der Waals surface area contributed by atoms with Gasteiger partial charge in [0.25, 0.3) is 0 Å². The quantitative estimate of drug-likeness (QED) is 0.758. The third-order valence-electron chi connectivity index (χ3n) is 3.07. The fourth-order valence-electron chi connectivity index (χ4n) is 1.95. The summed E-state index contributed by atoms with van der Waals surface area (Å²) >= 11 is 0. The molecule has 1 aromatic rings. The Hall–Kier alpha value is -1.40. The van der Waals surface area contributed by atoms with Crippen LogP contribution in [0.25, 0.3) is 0 Å². The van der Waals surface area contributed by atoms with Gasteiger partial charge >= 0.3 is 0 Å². The maximum absolute atomic E-state index is 11.9. The Morgan fingerprint density at radius 1 is 1.76 bits per heavy atom. The normalized spacial score (nSPS) is 25.8. The number of hydrogen-bond donors (Lipinski definition) is 2. The molecule has 1 amide bonds. The van der Waals surface area contributed by atoms with Crippen LogP contribution in [0.1, 0.15) is 24.9 Å². The molecule has 1 aromatic heterocycles. The van der Waals surface area contributed by atoms with Gasteiger partial charge in [-0.05, 0) is 13.3 Å². The number of hydrogen-bond acceptors (Lipinski definition) is 4. The molecular weight excluding hydrogens is 220 g/mol. The van der Waals surface area contributed by atoms with Crippen LogP contribution >= 0.6 is 0 Å². The number of nitrogens with zero attached hydrogens (tertiary/aromatic N) is 2. The molecule has 1 fully saturated rings. The summed E-state index contributed by atoms with van der Waals surface area (Å²) in [5, 5.41) is 6.91. The van der Waals surface area contributed by atoms with E-state index < -0.39 is 6.04 Å². The third-order valence-corrected chi connectivity index (χ3v) is 3.07. The molecule has 0 aromatic carbocycles. The molecule has 94 valence electrons. The molecule has 1 aliphatic rings. The predicted octanol–water partition coefficient (Wildman–Crippen LogP) is -0.286. The minimum Gasteiger partial charge on any atom is -0.376 e. The Morgan fingerprint density at radius 3 is 3.06 bits per heavy atom. The van der Waals surface area contributed by atoms with Crippen LogP contribution in [0.3, 0.4) is 0 Å². The molecule has 0 saturated carbocycles. The van der Waals surface area contributed by atoms with Gasteiger partial charge in [0, 0.05) is 25.4 Å². The van der Waals surface area contributed by atoms with Gasteiger partial charge in [-0.25, -0.2) is 0 Å². The molecule has 2 rings (SSSR count). The monoisotopic (exact) mass is 238 g/mol. The lowest BCUT2D eigenvalue weighted by molar-refractivity contribution is -0.123. The van der Waals surface area contributed by atoms with Gasteiger partial charge in [0.15, 0.2) is 0 Å². The highest BCUT2D eigenvalue weighted by molar-refractivity contribution is 5.83. The van der Waals surface area contributed by atoms with Crippen LogP contribution in [0.4, 0.5) is 0 Å². The SMILES string of the molecule is CC1OCCC1NC(=O)C(N)c1cnn(C)c1. The van der Waals surface area contributed by atoms with Crippen molar-refractivity contribution < 1.29 is 9.53 Å². The summed E-state index contributed by atoms with van der Waals surface area (Å²) in [6, 6.07) is -0.610.